The summed E-state index contributed by atoms with van der Waals surface area (Å²) in [6.45, 7) is 3.91. The van der Waals surface area contributed by atoms with Gasteiger partial charge in [0.2, 0.25) is 0 Å². The number of esters is 1. The SMILES string of the molecule is COCO[C@@H]1[C@H]2CC[C@@H]([C@@H](C)O)[C@]1(C(=O)OC)C[C@@]2(C)OCOC. The maximum atomic E-state index is 12.9. The Bertz CT molecular complexity index is 441. The van der Waals surface area contributed by atoms with Crippen molar-refractivity contribution in [1.29, 1.82) is 0 Å². The molecule has 2 saturated carbocycles. The Hall–Kier alpha value is -0.730. The molecule has 0 aromatic rings. The van der Waals surface area contributed by atoms with Gasteiger partial charge in [0.25, 0.3) is 0 Å². The van der Waals surface area contributed by atoms with E-state index in [2.05, 4.69) is 0 Å². The minimum Gasteiger partial charge on any atom is -0.469 e. The molecule has 2 bridgehead atoms. The van der Waals surface area contributed by atoms with Gasteiger partial charge in [0.05, 0.1) is 24.9 Å². The van der Waals surface area contributed by atoms with Crippen molar-refractivity contribution in [3.05, 3.63) is 0 Å². The van der Waals surface area contributed by atoms with Gasteiger partial charge in [-0.3, -0.25) is 4.79 Å². The summed E-state index contributed by atoms with van der Waals surface area (Å²) in [5, 5.41) is 10.3. The standard InChI is InChI=1S/C17H30O7/c1-11(18)12-6-7-13-14(23-9-20-3)17(12,15(19)22-5)8-16(13,2)24-10-21-4/h11-14,18H,6-10H2,1-5H3/t11-,12+,13-,14-,16-,17-/m1/s1. The first kappa shape index (κ1) is 19.6. The maximum absolute atomic E-state index is 12.9. The third-order valence-electron chi connectivity index (χ3n) is 5.77. The summed E-state index contributed by atoms with van der Waals surface area (Å²) in [5.74, 6) is -0.614. The average Bonchev–Trinajstić information content (AvgIpc) is 2.71. The van der Waals surface area contributed by atoms with Crippen molar-refractivity contribution in [3.63, 3.8) is 0 Å². The molecule has 0 unspecified atom stereocenters. The van der Waals surface area contributed by atoms with Crippen LogP contribution in [0.15, 0.2) is 0 Å². The summed E-state index contributed by atoms with van der Waals surface area (Å²) >= 11 is 0. The third kappa shape index (κ3) is 3.08. The van der Waals surface area contributed by atoms with Gasteiger partial charge in [-0.05, 0) is 33.1 Å². The van der Waals surface area contributed by atoms with Crippen LogP contribution in [-0.4, -0.2) is 63.8 Å². The van der Waals surface area contributed by atoms with Crippen molar-refractivity contribution < 1.29 is 33.6 Å². The van der Waals surface area contributed by atoms with Gasteiger partial charge in [-0.1, -0.05) is 0 Å². The minimum absolute atomic E-state index is 0.00287. The molecule has 6 atom stereocenters. The number of methoxy groups -OCH3 is 3. The number of carbonyl (C=O) groups is 1. The number of hydrogen-bond donors (Lipinski definition) is 1. The van der Waals surface area contributed by atoms with Gasteiger partial charge in [0.15, 0.2) is 0 Å². The van der Waals surface area contributed by atoms with E-state index in [1.165, 1.54) is 7.11 Å². The molecule has 1 N–H and O–H groups in total. The lowest BCUT2D eigenvalue weighted by Gasteiger charge is -2.45. The van der Waals surface area contributed by atoms with Crippen molar-refractivity contribution in [2.75, 3.05) is 34.9 Å². The zero-order valence-corrected chi connectivity index (χ0v) is 15.2. The Morgan fingerprint density at radius 2 is 1.88 bits per heavy atom. The molecule has 2 aliphatic carbocycles. The molecule has 0 radical (unpaired) electrons. The minimum atomic E-state index is -0.952. The fraction of sp³-hybridized carbons (Fsp3) is 0.941. The van der Waals surface area contributed by atoms with E-state index in [9.17, 15) is 9.90 Å². The highest BCUT2D eigenvalue weighted by molar-refractivity contribution is 5.79. The van der Waals surface area contributed by atoms with Crippen LogP contribution >= 0.6 is 0 Å². The van der Waals surface area contributed by atoms with E-state index < -0.39 is 23.2 Å². The number of fused-ring (bicyclic) bond motifs is 2. The van der Waals surface area contributed by atoms with Crippen LogP contribution in [0.1, 0.15) is 33.1 Å². The van der Waals surface area contributed by atoms with Crippen molar-refractivity contribution in [2.24, 2.45) is 17.3 Å². The normalized spacial score (nSPS) is 39.7. The molecule has 0 amide bonds. The lowest BCUT2D eigenvalue weighted by Crippen LogP contribution is -2.54. The van der Waals surface area contributed by atoms with E-state index in [0.29, 0.717) is 6.42 Å². The van der Waals surface area contributed by atoms with E-state index in [-0.39, 0.29) is 31.4 Å². The van der Waals surface area contributed by atoms with Gasteiger partial charge in [0.1, 0.15) is 19.0 Å². The van der Waals surface area contributed by atoms with E-state index in [0.717, 1.165) is 12.8 Å². The van der Waals surface area contributed by atoms with Gasteiger partial charge >= 0.3 is 5.97 Å². The molecule has 2 aliphatic rings. The number of aliphatic hydroxyl groups is 1. The molecule has 140 valence electrons. The van der Waals surface area contributed by atoms with Gasteiger partial charge in [0, 0.05) is 26.1 Å². The molecular weight excluding hydrogens is 316 g/mol. The lowest BCUT2D eigenvalue weighted by atomic mass is 9.63. The fourth-order valence-corrected chi connectivity index (χ4v) is 4.87. The topological polar surface area (TPSA) is 83.5 Å². The molecule has 0 aromatic carbocycles. The molecule has 24 heavy (non-hydrogen) atoms. The van der Waals surface area contributed by atoms with Crippen LogP contribution in [0, 0.1) is 17.3 Å². The second-order valence-electron chi connectivity index (χ2n) is 7.10. The summed E-state index contributed by atoms with van der Waals surface area (Å²) in [6.07, 6.45) is 0.854. The van der Waals surface area contributed by atoms with Gasteiger partial charge < -0.3 is 28.8 Å². The Morgan fingerprint density at radius 3 is 2.42 bits per heavy atom. The molecule has 0 spiro atoms. The summed E-state index contributed by atoms with van der Waals surface area (Å²) in [7, 11) is 4.49. The van der Waals surface area contributed by atoms with Crippen LogP contribution in [0.25, 0.3) is 0 Å². The predicted octanol–water partition coefficient (Wildman–Crippen LogP) is 1.32. The van der Waals surface area contributed by atoms with Crippen LogP contribution < -0.4 is 0 Å². The quantitative estimate of drug-likeness (QED) is 0.524. The molecule has 0 aliphatic heterocycles. The highest BCUT2D eigenvalue weighted by atomic mass is 16.7. The highest BCUT2D eigenvalue weighted by Gasteiger charge is 2.70. The van der Waals surface area contributed by atoms with Crippen molar-refractivity contribution in [1.82, 2.24) is 0 Å². The predicted molar refractivity (Wildman–Crippen MR) is 85.1 cm³/mol. The lowest BCUT2D eigenvalue weighted by molar-refractivity contribution is -0.196. The van der Waals surface area contributed by atoms with E-state index in [1.54, 1.807) is 21.1 Å². The fourth-order valence-electron chi connectivity index (χ4n) is 4.87. The van der Waals surface area contributed by atoms with Crippen LogP contribution in [0.5, 0.6) is 0 Å². The molecule has 0 heterocycles. The zero-order chi connectivity index (χ0) is 18.0. The van der Waals surface area contributed by atoms with Crippen LogP contribution in [-0.2, 0) is 28.5 Å². The Kier molecular flexibility index (Phi) is 6.25. The van der Waals surface area contributed by atoms with E-state index in [4.69, 9.17) is 23.7 Å². The van der Waals surface area contributed by atoms with Gasteiger partial charge in [-0.15, -0.1) is 0 Å². The number of carbonyl (C=O) groups excluding carboxylic acids is 1. The van der Waals surface area contributed by atoms with E-state index >= 15 is 0 Å². The Labute approximate surface area is 143 Å². The summed E-state index contributed by atoms with van der Waals surface area (Å²) < 4.78 is 27.2. The molecule has 7 heteroatoms. The van der Waals surface area contributed by atoms with Crippen LogP contribution in [0.2, 0.25) is 0 Å². The molecular formula is C17H30O7. The van der Waals surface area contributed by atoms with Gasteiger partial charge in [-0.2, -0.15) is 0 Å². The van der Waals surface area contributed by atoms with E-state index in [1.807, 2.05) is 6.92 Å². The Balaban J connectivity index is 2.46. The number of ether oxygens (including phenoxy) is 5. The first-order valence-electron chi connectivity index (χ1n) is 8.37. The molecule has 7 nitrogen and oxygen atoms in total. The van der Waals surface area contributed by atoms with Crippen LogP contribution in [0.4, 0.5) is 0 Å². The molecule has 0 saturated heterocycles. The first-order valence-corrected chi connectivity index (χ1v) is 8.37. The van der Waals surface area contributed by atoms with Crippen molar-refractivity contribution in [2.45, 2.75) is 50.9 Å². The first-order chi connectivity index (χ1) is 11.4. The third-order valence-corrected chi connectivity index (χ3v) is 5.77. The van der Waals surface area contributed by atoms with Crippen LogP contribution in [0.3, 0.4) is 0 Å². The monoisotopic (exact) mass is 346 g/mol. The zero-order valence-electron chi connectivity index (χ0n) is 15.2. The number of aliphatic hydroxyl groups excluding tert-OH is 1. The average molecular weight is 346 g/mol. The molecule has 0 aromatic heterocycles. The number of rotatable bonds is 8. The number of hydrogen-bond acceptors (Lipinski definition) is 7. The highest BCUT2D eigenvalue weighted by Crippen LogP contribution is 2.62. The largest absolute Gasteiger partial charge is 0.469 e. The van der Waals surface area contributed by atoms with Crippen molar-refractivity contribution in [3.8, 4) is 0 Å². The van der Waals surface area contributed by atoms with Gasteiger partial charge in [-0.25, -0.2) is 0 Å². The van der Waals surface area contributed by atoms with Crippen molar-refractivity contribution >= 4 is 5.97 Å². The molecule has 2 fully saturated rings. The molecule has 2 rings (SSSR count). The second-order valence-corrected chi connectivity index (χ2v) is 7.10. The summed E-state index contributed by atoms with van der Waals surface area (Å²) in [4.78, 5) is 12.9. The second kappa shape index (κ2) is 7.66. The summed E-state index contributed by atoms with van der Waals surface area (Å²) in [6, 6.07) is 0. The Morgan fingerprint density at radius 1 is 1.21 bits per heavy atom. The summed E-state index contributed by atoms with van der Waals surface area (Å²) in [5.41, 5.74) is -1.54. The maximum Gasteiger partial charge on any atom is 0.314 e. The smallest absolute Gasteiger partial charge is 0.314 e.